The van der Waals surface area contributed by atoms with Crippen molar-refractivity contribution in [3.05, 3.63) is 60.4 Å². The van der Waals surface area contributed by atoms with Gasteiger partial charge in [-0.2, -0.15) is 0 Å². The van der Waals surface area contributed by atoms with Crippen LogP contribution in [-0.2, 0) is 10.0 Å². The summed E-state index contributed by atoms with van der Waals surface area (Å²) in [6.07, 6.45) is 7.19. The van der Waals surface area contributed by atoms with E-state index in [1.54, 1.807) is 42.6 Å². The third-order valence-corrected chi connectivity index (χ3v) is 8.72. The number of fused-ring (bicyclic) bond motifs is 2. The molecule has 0 radical (unpaired) electrons. The summed E-state index contributed by atoms with van der Waals surface area (Å²) in [6, 6.07) is 14.1. The first-order valence-corrected chi connectivity index (χ1v) is 12.2. The average Bonchev–Trinajstić information content (AvgIpc) is 2.90. The highest BCUT2D eigenvalue weighted by Crippen LogP contribution is 2.55. The van der Waals surface area contributed by atoms with Gasteiger partial charge in [0.2, 0.25) is 10.0 Å². The molecule has 3 fully saturated rings. The van der Waals surface area contributed by atoms with E-state index >= 15 is 0 Å². The topological polar surface area (TPSA) is 88.2 Å². The SMILES string of the molecule is O=C(NC1CC2CC3CC(NS(=O)(=O)c4ccccc4)(C2)CC3C1)c1ccccn1. The first-order valence-electron chi connectivity index (χ1n) is 10.7. The number of hydrogen-bond donors (Lipinski definition) is 2. The highest BCUT2D eigenvalue weighted by atomic mass is 32.2. The molecule has 2 aromatic rings. The Labute approximate surface area is 177 Å². The smallest absolute Gasteiger partial charge is 0.270 e. The van der Waals surface area contributed by atoms with Crippen LogP contribution in [0, 0.1) is 17.8 Å². The quantitative estimate of drug-likeness (QED) is 0.770. The van der Waals surface area contributed by atoms with E-state index in [2.05, 4.69) is 15.0 Å². The number of carbonyl (C=O) groups excluding carboxylic acids is 1. The molecular formula is C23H27N3O3S. The lowest BCUT2D eigenvalue weighted by atomic mass is 9.75. The lowest BCUT2D eigenvalue weighted by Crippen LogP contribution is -2.50. The van der Waals surface area contributed by atoms with Gasteiger partial charge in [-0.1, -0.05) is 24.3 Å². The van der Waals surface area contributed by atoms with Crippen LogP contribution in [0.4, 0.5) is 0 Å². The lowest BCUT2D eigenvalue weighted by Gasteiger charge is -2.39. The van der Waals surface area contributed by atoms with Crippen LogP contribution in [0.15, 0.2) is 59.6 Å². The number of benzene rings is 1. The van der Waals surface area contributed by atoms with Gasteiger partial charge >= 0.3 is 0 Å². The van der Waals surface area contributed by atoms with E-state index in [1.165, 1.54) is 0 Å². The number of hydrogen-bond acceptors (Lipinski definition) is 4. The summed E-state index contributed by atoms with van der Waals surface area (Å²) >= 11 is 0. The van der Waals surface area contributed by atoms with Crippen LogP contribution < -0.4 is 10.0 Å². The van der Waals surface area contributed by atoms with Crippen LogP contribution in [0.2, 0.25) is 0 Å². The Balaban J connectivity index is 1.30. The number of sulfonamides is 1. The van der Waals surface area contributed by atoms with Crippen LogP contribution in [0.1, 0.15) is 49.0 Å². The molecule has 1 heterocycles. The molecule has 2 N–H and O–H groups in total. The van der Waals surface area contributed by atoms with Crippen LogP contribution in [0.25, 0.3) is 0 Å². The molecule has 5 atom stereocenters. The van der Waals surface area contributed by atoms with Crippen molar-refractivity contribution in [2.45, 2.75) is 55.0 Å². The van der Waals surface area contributed by atoms with Gasteiger partial charge in [-0.25, -0.2) is 13.1 Å². The normalized spacial score (nSPS) is 32.5. The largest absolute Gasteiger partial charge is 0.348 e. The van der Waals surface area contributed by atoms with Crippen LogP contribution >= 0.6 is 0 Å². The Morgan fingerprint density at radius 1 is 0.933 bits per heavy atom. The second-order valence-corrected chi connectivity index (χ2v) is 11.0. The molecule has 30 heavy (non-hydrogen) atoms. The minimum Gasteiger partial charge on any atom is -0.348 e. The predicted octanol–water partition coefficient (Wildman–Crippen LogP) is 3.13. The minimum atomic E-state index is -3.53. The number of pyridine rings is 1. The zero-order valence-corrected chi connectivity index (χ0v) is 17.6. The molecule has 3 aliphatic rings. The van der Waals surface area contributed by atoms with Gasteiger partial charge in [0.15, 0.2) is 0 Å². The van der Waals surface area contributed by atoms with Crippen molar-refractivity contribution < 1.29 is 13.2 Å². The molecule has 7 heteroatoms. The summed E-state index contributed by atoms with van der Waals surface area (Å²) in [7, 11) is -3.53. The highest BCUT2D eigenvalue weighted by molar-refractivity contribution is 7.89. The van der Waals surface area contributed by atoms with Crippen molar-refractivity contribution in [3.8, 4) is 0 Å². The fraction of sp³-hybridized carbons (Fsp3) is 0.478. The number of carbonyl (C=O) groups is 1. The Morgan fingerprint density at radius 3 is 2.40 bits per heavy atom. The third-order valence-electron chi connectivity index (χ3n) is 7.13. The molecule has 0 spiro atoms. The molecule has 3 aliphatic carbocycles. The van der Waals surface area contributed by atoms with Crippen LogP contribution in [0.5, 0.6) is 0 Å². The standard InChI is InChI=1S/C23H27N3O3S/c27-22(21-8-4-5-9-24-21)25-19-11-16-10-17-14-23(13-16,15-18(17)12-19)26-30(28,29)20-6-2-1-3-7-20/h1-9,16-19,26H,10-15H2,(H,25,27). The average molecular weight is 426 g/mol. The number of amides is 1. The van der Waals surface area contributed by atoms with E-state index in [1.807, 2.05) is 12.1 Å². The summed E-state index contributed by atoms with van der Waals surface area (Å²) in [5, 5.41) is 3.19. The first-order chi connectivity index (χ1) is 14.4. The van der Waals surface area contributed by atoms with Gasteiger partial charge in [0.05, 0.1) is 4.90 Å². The van der Waals surface area contributed by atoms with Crippen molar-refractivity contribution in [1.82, 2.24) is 15.0 Å². The van der Waals surface area contributed by atoms with Crippen molar-refractivity contribution in [1.29, 1.82) is 0 Å². The highest BCUT2D eigenvalue weighted by Gasteiger charge is 2.54. The molecule has 6 nitrogen and oxygen atoms in total. The van der Waals surface area contributed by atoms with E-state index in [9.17, 15) is 13.2 Å². The molecule has 5 unspecified atom stereocenters. The fourth-order valence-corrected chi connectivity index (χ4v) is 7.64. The lowest BCUT2D eigenvalue weighted by molar-refractivity contribution is 0.0916. The maximum Gasteiger partial charge on any atom is 0.270 e. The molecule has 1 aromatic heterocycles. The van der Waals surface area contributed by atoms with Gasteiger partial charge in [0.25, 0.3) is 5.91 Å². The zero-order chi connectivity index (χ0) is 20.8. The molecular weight excluding hydrogens is 398 g/mol. The van der Waals surface area contributed by atoms with E-state index in [0.29, 0.717) is 28.3 Å². The summed E-state index contributed by atoms with van der Waals surface area (Å²) in [5.74, 6) is 1.26. The molecule has 3 bridgehead atoms. The van der Waals surface area contributed by atoms with Gasteiger partial charge in [-0.15, -0.1) is 0 Å². The Hall–Kier alpha value is -2.25. The minimum absolute atomic E-state index is 0.118. The summed E-state index contributed by atoms with van der Waals surface area (Å²) in [6.45, 7) is 0. The van der Waals surface area contributed by atoms with Crippen molar-refractivity contribution in [2.75, 3.05) is 0 Å². The van der Waals surface area contributed by atoms with Gasteiger partial charge in [0, 0.05) is 17.8 Å². The molecule has 3 saturated carbocycles. The summed E-state index contributed by atoms with van der Waals surface area (Å²) < 4.78 is 29.1. The van der Waals surface area contributed by atoms with Gasteiger partial charge in [0.1, 0.15) is 5.69 Å². The van der Waals surface area contributed by atoms with Crippen LogP contribution in [0.3, 0.4) is 0 Å². The predicted molar refractivity (Wildman–Crippen MR) is 113 cm³/mol. The number of nitrogens with zero attached hydrogens (tertiary/aromatic N) is 1. The monoisotopic (exact) mass is 425 g/mol. The molecule has 158 valence electrons. The number of rotatable bonds is 5. The summed E-state index contributed by atoms with van der Waals surface area (Å²) in [4.78, 5) is 17.1. The maximum absolute atomic E-state index is 13.0. The first kappa shape index (κ1) is 19.7. The van der Waals surface area contributed by atoms with Gasteiger partial charge in [-0.3, -0.25) is 9.78 Å². The number of aromatic nitrogens is 1. The fourth-order valence-electron chi connectivity index (χ4n) is 6.19. The van der Waals surface area contributed by atoms with Crippen LogP contribution in [-0.4, -0.2) is 30.9 Å². The van der Waals surface area contributed by atoms with E-state index < -0.39 is 10.0 Å². The molecule has 0 aliphatic heterocycles. The maximum atomic E-state index is 13.0. The van der Waals surface area contributed by atoms with E-state index in [-0.39, 0.29) is 17.5 Å². The second kappa shape index (κ2) is 7.46. The Kier molecular flexibility index (Phi) is 4.90. The van der Waals surface area contributed by atoms with E-state index in [4.69, 9.17) is 0 Å². The Bertz CT molecular complexity index is 1020. The van der Waals surface area contributed by atoms with Gasteiger partial charge < -0.3 is 5.32 Å². The van der Waals surface area contributed by atoms with Crippen molar-refractivity contribution >= 4 is 15.9 Å². The van der Waals surface area contributed by atoms with E-state index in [0.717, 1.165) is 38.5 Å². The molecule has 1 aromatic carbocycles. The second-order valence-electron chi connectivity index (χ2n) is 9.29. The Morgan fingerprint density at radius 2 is 1.67 bits per heavy atom. The van der Waals surface area contributed by atoms with Gasteiger partial charge in [-0.05, 0) is 80.5 Å². The zero-order valence-electron chi connectivity index (χ0n) is 16.8. The number of nitrogens with one attached hydrogen (secondary N) is 2. The molecule has 5 rings (SSSR count). The third kappa shape index (κ3) is 3.76. The van der Waals surface area contributed by atoms with Crippen molar-refractivity contribution in [3.63, 3.8) is 0 Å². The molecule has 0 saturated heterocycles. The van der Waals surface area contributed by atoms with Crippen molar-refractivity contribution in [2.24, 2.45) is 17.8 Å². The molecule has 1 amide bonds. The summed E-state index contributed by atoms with van der Waals surface area (Å²) in [5.41, 5.74) is 0.103.